The highest BCUT2D eigenvalue weighted by Crippen LogP contribution is 2.25. The molecule has 0 fully saturated rings. The van der Waals surface area contributed by atoms with Crippen molar-refractivity contribution in [2.75, 3.05) is 10.8 Å². The van der Waals surface area contributed by atoms with Crippen LogP contribution >= 0.6 is 11.6 Å². The molecule has 7 nitrogen and oxygen atoms in total. The summed E-state index contributed by atoms with van der Waals surface area (Å²) in [5.41, 5.74) is 2.88. The third-order valence-electron chi connectivity index (χ3n) is 7.47. The van der Waals surface area contributed by atoms with Crippen LogP contribution < -0.4 is 9.62 Å². The Balaban J connectivity index is 1.78. The Bertz CT molecular complexity index is 1630. The van der Waals surface area contributed by atoms with E-state index in [-0.39, 0.29) is 29.8 Å². The quantitative estimate of drug-likeness (QED) is 0.185. The van der Waals surface area contributed by atoms with Gasteiger partial charge in [0.2, 0.25) is 11.8 Å². The smallest absolute Gasteiger partial charge is 0.264 e. The summed E-state index contributed by atoms with van der Waals surface area (Å²) in [6.07, 6.45) is 0.962. The van der Waals surface area contributed by atoms with Gasteiger partial charge in [0.1, 0.15) is 12.6 Å². The molecule has 0 bridgehead atoms. The molecule has 0 radical (unpaired) electrons. The number of amides is 2. The van der Waals surface area contributed by atoms with Crippen molar-refractivity contribution >= 4 is 39.1 Å². The lowest BCUT2D eigenvalue weighted by atomic mass is 10.0. The zero-order valence-corrected chi connectivity index (χ0v) is 26.8. The molecule has 9 heteroatoms. The van der Waals surface area contributed by atoms with E-state index in [0.717, 1.165) is 21.0 Å². The van der Waals surface area contributed by atoms with Crippen molar-refractivity contribution in [2.24, 2.45) is 0 Å². The average Bonchev–Trinajstić information content (AvgIpc) is 3.03. The maximum Gasteiger partial charge on any atom is 0.264 e. The molecule has 0 heterocycles. The SMILES string of the molecule is CC[C@H](C)NC(=O)[C@@H](Cc1ccccc1)N(Cc1ccc(Cl)cc1)C(=O)CN(c1ccccc1)S(=O)(=O)c1ccc(C)cc1. The monoisotopic (exact) mass is 631 g/mol. The number of halogens is 1. The first-order valence-corrected chi connectivity index (χ1v) is 16.4. The Hall–Kier alpha value is -4.14. The normalized spacial score (nSPS) is 12.6. The minimum Gasteiger partial charge on any atom is -0.352 e. The van der Waals surface area contributed by atoms with Crippen LogP contribution in [0.2, 0.25) is 5.02 Å². The third-order valence-corrected chi connectivity index (χ3v) is 9.51. The molecule has 0 aliphatic rings. The van der Waals surface area contributed by atoms with Gasteiger partial charge < -0.3 is 10.2 Å². The first kappa shape index (κ1) is 32.8. The Kier molecular flexibility index (Phi) is 11.2. The van der Waals surface area contributed by atoms with Gasteiger partial charge in [-0.3, -0.25) is 13.9 Å². The summed E-state index contributed by atoms with van der Waals surface area (Å²) in [4.78, 5) is 29.8. The molecule has 0 saturated heterocycles. The van der Waals surface area contributed by atoms with E-state index >= 15 is 0 Å². The molecule has 230 valence electrons. The first-order valence-electron chi connectivity index (χ1n) is 14.6. The zero-order chi connectivity index (χ0) is 31.7. The van der Waals surface area contributed by atoms with Gasteiger partial charge in [-0.05, 0) is 67.8 Å². The zero-order valence-electron chi connectivity index (χ0n) is 25.2. The number of benzene rings is 4. The lowest BCUT2D eigenvalue weighted by molar-refractivity contribution is -0.140. The van der Waals surface area contributed by atoms with Gasteiger partial charge in [-0.1, -0.05) is 96.9 Å². The van der Waals surface area contributed by atoms with Crippen molar-refractivity contribution in [2.45, 2.75) is 57.1 Å². The van der Waals surface area contributed by atoms with Gasteiger partial charge in [-0.2, -0.15) is 0 Å². The lowest BCUT2D eigenvalue weighted by Gasteiger charge is -2.34. The van der Waals surface area contributed by atoms with Crippen molar-refractivity contribution < 1.29 is 18.0 Å². The molecule has 0 spiro atoms. The van der Waals surface area contributed by atoms with E-state index in [9.17, 15) is 18.0 Å². The minimum absolute atomic E-state index is 0.0688. The van der Waals surface area contributed by atoms with E-state index in [2.05, 4.69) is 5.32 Å². The number of sulfonamides is 1. The molecule has 0 aromatic heterocycles. The molecular weight excluding hydrogens is 594 g/mol. The number of nitrogens with one attached hydrogen (secondary N) is 1. The summed E-state index contributed by atoms with van der Waals surface area (Å²) in [7, 11) is -4.14. The third kappa shape index (κ3) is 8.49. The predicted molar refractivity (Wildman–Crippen MR) is 176 cm³/mol. The maximum absolute atomic E-state index is 14.4. The van der Waals surface area contributed by atoms with E-state index < -0.39 is 28.5 Å². The fourth-order valence-electron chi connectivity index (χ4n) is 4.74. The van der Waals surface area contributed by atoms with Crippen LogP contribution in [0.3, 0.4) is 0 Å². The molecule has 1 N–H and O–H groups in total. The van der Waals surface area contributed by atoms with Gasteiger partial charge in [-0.15, -0.1) is 0 Å². The fourth-order valence-corrected chi connectivity index (χ4v) is 6.28. The van der Waals surface area contributed by atoms with Crippen LogP contribution in [0, 0.1) is 6.92 Å². The van der Waals surface area contributed by atoms with Crippen molar-refractivity contribution in [1.82, 2.24) is 10.2 Å². The van der Waals surface area contributed by atoms with Crippen LogP contribution in [0.5, 0.6) is 0 Å². The van der Waals surface area contributed by atoms with Crippen LogP contribution in [0.4, 0.5) is 5.69 Å². The van der Waals surface area contributed by atoms with Crippen LogP contribution in [-0.2, 0) is 32.6 Å². The summed E-state index contributed by atoms with van der Waals surface area (Å²) < 4.78 is 29.2. The number of nitrogens with zero attached hydrogens (tertiary/aromatic N) is 2. The molecule has 4 aromatic rings. The van der Waals surface area contributed by atoms with Gasteiger partial charge in [0, 0.05) is 24.0 Å². The number of rotatable bonds is 13. The standard InChI is InChI=1S/C35H38ClN3O4S/c1-4-27(3)37-35(41)33(23-28-11-7-5-8-12-28)38(24-29-17-19-30(36)20-18-29)34(40)25-39(31-13-9-6-10-14-31)44(42,43)32-21-15-26(2)16-22-32/h5-22,27,33H,4,23-25H2,1-3H3,(H,37,41)/t27-,33+/m0/s1. The molecular formula is C35H38ClN3O4S. The summed E-state index contributed by atoms with van der Waals surface area (Å²) in [6, 6.07) is 30.6. The second kappa shape index (κ2) is 15.0. The average molecular weight is 632 g/mol. The highest BCUT2D eigenvalue weighted by atomic mass is 35.5. The van der Waals surface area contributed by atoms with Gasteiger partial charge in [0.05, 0.1) is 10.6 Å². The molecule has 0 aliphatic heterocycles. The Morgan fingerprint density at radius 2 is 1.41 bits per heavy atom. The molecule has 0 saturated carbocycles. The molecule has 4 aromatic carbocycles. The Morgan fingerprint density at radius 3 is 2.00 bits per heavy atom. The van der Waals surface area contributed by atoms with Crippen LogP contribution in [-0.4, -0.2) is 43.8 Å². The topological polar surface area (TPSA) is 86.8 Å². The van der Waals surface area contributed by atoms with E-state index in [0.29, 0.717) is 17.1 Å². The molecule has 2 amide bonds. The number of carbonyl (C=O) groups excluding carboxylic acids is 2. The summed E-state index contributed by atoms with van der Waals surface area (Å²) in [5.74, 6) is -0.821. The van der Waals surface area contributed by atoms with Gasteiger partial charge in [-0.25, -0.2) is 8.42 Å². The molecule has 4 rings (SSSR count). The minimum atomic E-state index is -4.14. The Morgan fingerprint density at radius 1 is 0.818 bits per heavy atom. The molecule has 0 aliphatic carbocycles. The van der Waals surface area contributed by atoms with Crippen molar-refractivity contribution in [1.29, 1.82) is 0 Å². The Labute approximate surface area is 265 Å². The summed E-state index contributed by atoms with van der Waals surface area (Å²) in [6.45, 7) is 5.33. The second-order valence-electron chi connectivity index (χ2n) is 10.8. The molecule has 44 heavy (non-hydrogen) atoms. The van der Waals surface area contributed by atoms with Crippen LogP contribution in [0.1, 0.15) is 37.0 Å². The number of para-hydroxylation sites is 1. The van der Waals surface area contributed by atoms with E-state index in [1.165, 1.54) is 17.0 Å². The van der Waals surface area contributed by atoms with E-state index in [1.807, 2.05) is 51.1 Å². The summed E-state index contributed by atoms with van der Waals surface area (Å²) >= 11 is 6.14. The van der Waals surface area contributed by atoms with Crippen LogP contribution in [0.15, 0.2) is 114 Å². The largest absolute Gasteiger partial charge is 0.352 e. The highest BCUT2D eigenvalue weighted by molar-refractivity contribution is 7.92. The molecule has 2 atom stereocenters. The van der Waals surface area contributed by atoms with Crippen LogP contribution in [0.25, 0.3) is 0 Å². The fraction of sp³-hybridized carbons (Fsp3) is 0.257. The molecule has 0 unspecified atom stereocenters. The lowest BCUT2D eigenvalue weighted by Crippen LogP contribution is -2.54. The number of anilines is 1. The van der Waals surface area contributed by atoms with Crippen molar-refractivity contribution in [3.05, 3.63) is 131 Å². The predicted octanol–water partition coefficient (Wildman–Crippen LogP) is 6.40. The van der Waals surface area contributed by atoms with Crippen molar-refractivity contribution in [3.63, 3.8) is 0 Å². The second-order valence-corrected chi connectivity index (χ2v) is 13.1. The summed E-state index contributed by atoms with van der Waals surface area (Å²) in [5, 5.41) is 3.58. The number of carbonyl (C=O) groups is 2. The van der Waals surface area contributed by atoms with E-state index in [4.69, 9.17) is 11.6 Å². The number of hydrogen-bond donors (Lipinski definition) is 1. The van der Waals surface area contributed by atoms with Gasteiger partial charge in [0.15, 0.2) is 0 Å². The first-order chi connectivity index (χ1) is 21.1. The van der Waals surface area contributed by atoms with E-state index in [1.54, 1.807) is 66.7 Å². The van der Waals surface area contributed by atoms with Gasteiger partial charge in [0.25, 0.3) is 10.0 Å². The number of hydrogen-bond acceptors (Lipinski definition) is 4. The highest BCUT2D eigenvalue weighted by Gasteiger charge is 2.34. The maximum atomic E-state index is 14.4. The van der Waals surface area contributed by atoms with Gasteiger partial charge >= 0.3 is 0 Å². The number of aryl methyl sites for hydroxylation is 1. The van der Waals surface area contributed by atoms with Crippen molar-refractivity contribution in [3.8, 4) is 0 Å².